The Morgan fingerprint density at radius 2 is 2.05 bits per heavy atom. The van der Waals surface area contributed by atoms with E-state index in [2.05, 4.69) is 15.2 Å². The van der Waals surface area contributed by atoms with Gasteiger partial charge in [0.1, 0.15) is 48.0 Å². The van der Waals surface area contributed by atoms with Crippen molar-refractivity contribution in [1.29, 1.82) is 5.26 Å². The molecule has 5 N–H and O–H groups in total. The number of ether oxygens (including phenoxy) is 2. The zero-order chi connectivity index (χ0) is 29.2. The van der Waals surface area contributed by atoms with Crippen LogP contribution >= 0.6 is 7.75 Å². The highest BCUT2D eigenvalue weighted by Gasteiger charge is 2.58. The average Bonchev–Trinajstić information content (AvgIpc) is 3.48. The number of nitrogens with zero attached hydrogens (tertiary/aromatic N) is 4. The number of carbonyl (C=O) groups is 1. The molecule has 2 fully saturated rings. The molecule has 0 spiro atoms. The van der Waals surface area contributed by atoms with Crippen molar-refractivity contribution in [3.05, 3.63) is 54.5 Å². The number of nitriles is 1. The van der Waals surface area contributed by atoms with Crippen molar-refractivity contribution in [1.82, 2.24) is 19.7 Å². The molecule has 2 aromatic heterocycles. The molecule has 6 atom stereocenters. The number of aromatic nitrogens is 3. The first kappa shape index (κ1) is 28.9. The van der Waals surface area contributed by atoms with Gasteiger partial charge in [-0.05, 0) is 49.9 Å². The Kier molecular flexibility index (Phi) is 8.28. The summed E-state index contributed by atoms with van der Waals surface area (Å²) in [4.78, 5) is 16.5. The van der Waals surface area contributed by atoms with Crippen molar-refractivity contribution in [3.8, 4) is 11.8 Å². The lowest BCUT2D eigenvalue weighted by Gasteiger charge is -2.27. The maximum atomic E-state index is 13.9. The molecule has 2 aliphatic rings. The molecular formula is C26H31N6O8P. The van der Waals surface area contributed by atoms with Crippen molar-refractivity contribution in [2.75, 3.05) is 18.9 Å². The summed E-state index contributed by atoms with van der Waals surface area (Å²) in [6.45, 7) is 1.16. The van der Waals surface area contributed by atoms with E-state index in [-0.39, 0.29) is 23.9 Å². The Balaban J connectivity index is 1.33. The molecule has 41 heavy (non-hydrogen) atoms. The Morgan fingerprint density at radius 1 is 1.29 bits per heavy atom. The standard InChI is InChI=1S/C26H31N6O8P/c1-16(25(35)37-12-17-6-5-7-17)31-41(36,40-18-8-3-2-4-9-18)38-13-20-22(33)23(34)26(14-27,39-20)21-11-10-19-24(28)29-15-30-32(19)21/h2-4,8-11,15-17,20,22-23,33-34H,5-7,12-13H2,1H3,(H,31,36)(H2,28,29,30)/t16-,20+,22+,23+,26-,41?/m0/s1. The molecule has 218 valence electrons. The number of anilines is 1. The number of carbonyl (C=O) groups excluding carboxylic acids is 1. The summed E-state index contributed by atoms with van der Waals surface area (Å²) in [5.41, 5.74) is 4.29. The normalized spacial score (nSPS) is 26.5. The number of fused-ring (bicyclic) bond motifs is 1. The molecule has 0 amide bonds. The molecule has 1 unspecified atom stereocenters. The maximum absolute atomic E-state index is 13.9. The van der Waals surface area contributed by atoms with Crippen LogP contribution in [0.25, 0.3) is 5.52 Å². The van der Waals surface area contributed by atoms with E-state index in [1.165, 1.54) is 23.8 Å². The molecule has 3 heterocycles. The number of nitrogen functional groups attached to an aromatic ring is 1. The fourth-order valence-electron chi connectivity index (χ4n) is 4.71. The maximum Gasteiger partial charge on any atom is 0.459 e. The van der Waals surface area contributed by atoms with E-state index < -0.39 is 50.3 Å². The zero-order valence-electron chi connectivity index (χ0n) is 22.2. The molecule has 0 bridgehead atoms. The third-order valence-corrected chi connectivity index (χ3v) is 8.90. The van der Waals surface area contributed by atoms with E-state index in [0.29, 0.717) is 11.4 Å². The Labute approximate surface area is 235 Å². The summed E-state index contributed by atoms with van der Waals surface area (Å²) < 4.78 is 37.7. The number of aliphatic hydroxyl groups excluding tert-OH is 2. The molecular weight excluding hydrogens is 555 g/mol. The van der Waals surface area contributed by atoms with E-state index in [1.807, 2.05) is 6.07 Å². The number of para-hydroxylation sites is 1. The van der Waals surface area contributed by atoms with Crippen LogP contribution in [0.4, 0.5) is 5.82 Å². The van der Waals surface area contributed by atoms with Gasteiger partial charge in [0, 0.05) is 0 Å². The molecule has 15 heteroatoms. The zero-order valence-corrected chi connectivity index (χ0v) is 23.1. The fraction of sp³-hybridized carbons (Fsp3) is 0.462. The molecule has 14 nitrogen and oxygen atoms in total. The van der Waals surface area contributed by atoms with Gasteiger partial charge in [-0.3, -0.25) is 9.32 Å². The van der Waals surface area contributed by atoms with Gasteiger partial charge >= 0.3 is 13.7 Å². The largest absolute Gasteiger partial charge is 0.464 e. The van der Waals surface area contributed by atoms with Crippen LogP contribution in [0.5, 0.6) is 5.75 Å². The number of nitrogens with one attached hydrogen (secondary N) is 1. The van der Waals surface area contributed by atoms with Gasteiger partial charge in [0.25, 0.3) is 0 Å². The molecule has 3 aromatic rings. The lowest BCUT2D eigenvalue weighted by molar-refractivity contribution is -0.147. The fourth-order valence-corrected chi connectivity index (χ4v) is 6.21. The minimum absolute atomic E-state index is 0.0998. The lowest BCUT2D eigenvalue weighted by Crippen LogP contribution is -2.41. The molecule has 5 rings (SSSR count). The van der Waals surface area contributed by atoms with Crippen molar-refractivity contribution < 1.29 is 38.1 Å². The van der Waals surface area contributed by atoms with Gasteiger partial charge in [0.15, 0.2) is 5.82 Å². The average molecular weight is 587 g/mol. The first-order chi connectivity index (χ1) is 19.7. The summed E-state index contributed by atoms with van der Waals surface area (Å²) in [7, 11) is -4.30. The number of benzene rings is 1. The van der Waals surface area contributed by atoms with Crippen LogP contribution in [0, 0.1) is 17.2 Å². The SMILES string of the molecule is C[C@H](NP(=O)(OC[C@H]1O[C@@](C#N)(c2ccc3c(N)ncnn23)[C@H](O)[C@@H]1O)Oc1ccccc1)C(=O)OCC1CCC1. The smallest absolute Gasteiger partial charge is 0.459 e. The number of rotatable bonds is 11. The highest BCUT2D eigenvalue weighted by Crippen LogP contribution is 2.47. The van der Waals surface area contributed by atoms with E-state index in [1.54, 1.807) is 36.4 Å². The molecule has 1 saturated carbocycles. The van der Waals surface area contributed by atoms with Crippen LogP contribution in [-0.4, -0.2) is 68.3 Å². The number of aliphatic hydroxyl groups is 2. The van der Waals surface area contributed by atoms with Crippen LogP contribution in [0.2, 0.25) is 0 Å². The summed E-state index contributed by atoms with van der Waals surface area (Å²) in [5, 5.41) is 38.6. The monoisotopic (exact) mass is 586 g/mol. The van der Waals surface area contributed by atoms with E-state index in [0.717, 1.165) is 19.3 Å². The van der Waals surface area contributed by atoms with Crippen molar-refractivity contribution in [2.45, 2.75) is 56.1 Å². The molecule has 0 radical (unpaired) electrons. The van der Waals surface area contributed by atoms with E-state index >= 15 is 0 Å². The summed E-state index contributed by atoms with van der Waals surface area (Å²) in [5.74, 6) is 0.0188. The van der Waals surface area contributed by atoms with E-state index in [9.17, 15) is 24.8 Å². The minimum atomic E-state index is -4.30. The highest BCUT2D eigenvalue weighted by molar-refractivity contribution is 7.52. The predicted octanol–water partition coefficient (Wildman–Crippen LogP) is 1.68. The van der Waals surface area contributed by atoms with E-state index in [4.69, 9.17) is 24.3 Å². The van der Waals surface area contributed by atoms with Gasteiger partial charge in [0.2, 0.25) is 5.60 Å². The summed E-state index contributed by atoms with van der Waals surface area (Å²) in [6, 6.07) is 12.0. The Morgan fingerprint density at radius 3 is 2.73 bits per heavy atom. The quantitative estimate of drug-likeness (QED) is 0.187. The molecule has 1 aromatic carbocycles. The first-order valence-corrected chi connectivity index (χ1v) is 14.7. The third-order valence-electron chi connectivity index (χ3n) is 7.26. The van der Waals surface area contributed by atoms with Crippen molar-refractivity contribution >= 4 is 25.1 Å². The van der Waals surface area contributed by atoms with Gasteiger partial charge in [-0.1, -0.05) is 24.6 Å². The number of hydrogen-bond donors (Lipinski definition) is 4. The predicted molar refractivity (Wildman–Crippen MR) is 143 cm³/mol. The number of esters is 1. The minimum Gasteiger partial charge on any atom is -0.464 e. The summed E-state index contributed by atoms with van der Waals surface area (Å²) in [6.07, 6.45) is -0.433. The van der Waals surface area contributed by atoms with Crippen LogP contribution in [0.3, 0.4) is 0 Å². The van der Waals surface area contributed by atoms with Crippen LogP contribution in [0.15, 0.2) is 48.8 Å². The third kappa shape index (κ3) is 5.78. The Hall–Kier alpha value is -3.57. The Bertz CT molecular complexity index is 1480. The highest BCUT2D eigenvalue weighted by atomic mass is 31.2. The molecule has 1 aliphatic carbocycles. The van der Waals surface area contributed by atoms with Crippen LogP contribution < -0.4 is 15.3 Å². The van der Waals surface area contributed by atoms with Gasteiger partial charge in [0.05, 0.1) is 18.9 Å². The lowest BCUT2D eigenvalue weighted by atomic mass is 9.86. The van der Waals surface area contributed by atoms with Crippen LogP contribution in [-0.2, 0) is 29.0 Å². The molecule has 1 aliphatic heterocycles. The van der Waals surface area contributed by atoms with Gasteiger partial charge in [-0.2, -0.15) is 15.4 Å². The van der Waals surface area contributed by atoms with Gasteiger partial charge < -0.3 is 29.9 Å². The van der Waals surface area contributed by atoms with Gasteiger partial charge in [-0.25, -0.2) is 14.1 Å². The number of nitrogens with two attached hydrogens (primary N) is 1. The second-order valence-corrected chi connectivity index (χ2v) is 11.8. The topological polar surface area (TPSA) is 204 Å². The van der Waals surface area contributed by atoms with Crippen LogP contribution in [0.1, 0.15) is 31.9 Å². The van der Waals surface area contributed by atoms with Crippen molar-refractivity contribution in [3.63, 3.8) is 0 Å². The molecule has 1 saturated heterocycles. The first-order valence-electron chi connectivity index (χ1n) is 13.1. The van der Waals surface area contributed by atoms with Crippen molar-refractivity contribution in [2.24, 2.45) is 5.92 Å². The second-order valence-electron chi connectivity index (χ2n) is 10.1. The van der Waals surface area contributed by atoms with Gasteiger partial charge in [-0.15, -0.1) is 0 Å². The second kappa shape index (κ2) is 11.7. The summed E-state index contributed by atoms with van der Waals surface area (Å²) >= 11 is 0. The number of hydrogen-bond acceptors (Lipinski definition) is 12.